The average Bonchev–Trinajstić information content (AvgIpc) is 2.61. The van der Waals surface area contributed by atoms with Crippen LogP contribution in [0.5, 0.6) is 0 Å². The highest BCUT2D eigenvalue weighted by Gasteiger charge is 2.29. The van der Waals surface area contributed by atoms with Gasteiger partial charge in [0.15, 0.2) is 0 Å². The fourth-order valence-corrected chi connectivity index (χ4v) is 3.22. The normalized spacial score (nSPS) is 18.6. The van der Waals surface area contributed by atoms with Gasteiger partial charge in [-0.2, -0.15) is 0 Å². The Kier molecular flexibility index (Phi) is 6.39. The van der Waals surface area contributed by atoms with Crippen molar-refractivity contribution in [1.82, 2.24) is 10.2 Å². The molecule has 1 aliphatic heterocycles. The van der Waals surface area contributed by atoms with Gasteiger partial charge < -0.3 is 16.0 Å². The Hall–Kier alpha value is -2.11. The molecule has 0 aromatic heterocycles. The smallest absolute Gasteiger partial charge is 0.225 e. The number of likely N-dealkylation sites (tertiary alicyclic amines) is 1. The third-order valence-corrected chi connectivity index (χ3v) is 4.73. The summed E-state index contributed by atoms with van der Waals surface area (Å²) in [5.41, 5.74) is 6.90. The van der Waals surface area contributed by atoms with Gasteiger partial charge in [-0.1, -0.05) is 36.4 Å². The Labute approximate surface area is 154 Å². The SMILES string of the molecule is CN1CC(C(=O)NC(CN)c2ccc3ccccc3c2)CCC1=O.Cl. The van der Waals surface area contributed by atoms with Gasteiger partial charge in [-0.15, -0.1) is 12.4 Å². The Morgan fingerprint density at radius 2 is 2.00 bits per heavy atom. The van der Waals surface area contributed by atoms with Gasteiger partial charge in [0.2, 0.25) is 11.8 Å². The molecule has 1 saturated heterocycles. The van der Waals surface area contributed by atoms with Crippen molar-refractivity contribution in [2.45, 2.75) is 18.9 Å². The lowest BCUT2D eigenvalue weighted by molar-refractivity contribution is -0.137. The number of amides is 2. The van der Waals surface area contributed by atoms with E-state index in [-0.39, 0.29) is 36.2 Å². The molecule has 0 spiro atoms. The number of carbonyl (C=O) groups excluding carboxylic acids is 2. The summed E-state index contributed by atoms with van der Waals surface area (Å²) in [6.45, 7) is 0.811. The number of nitrogens with one attached hydrogen (secondary N) is 1. The van der Waals surface area contributed by atoms with Crippen molar-refractivity contribution in [1.29, 1.82) is 0 Å². The van der Waals surface area contributed by atoms with E-state index in [9.17, 15) is 9.59 Å². The molecule has 1 aliphatic rings. The maximum absolute atomic E-state index is 12.6. The summed E-state index contributed by atoms with van der Waals surface area (Å²) in [6.07, 6.45) is 1.03. The van der Waals surface area contributed by atoms with Gasteiger partial charge in [0.25, 0.3) is 0 Å². The molecule has 1 fully saturated rings. The lowest BCUT2D eigenvalue weighted by Gasteiger charge is -2.30. The van der Waals surface area contributed by atoms with Gasteiger partial charge in [-0.05, 0) is 28.8 Å². The van der Waals surface area contributed by atoms with Crippen LogP contribution in [0.3, 0.4) is 0 Å². The first-order valence-electron chi connectivity index (χ1n) is 8.31. The molecule has 2 amide bonds. The minimum absolute atomic E-state index is 0. The molecule has 0 radical (unpaired) electrons. The first-order valence-corrected chi connectivity index (χ1v) is 8.31. The van der Waals surface area contributed by atoms with Gasteiger partial charge in [0.1, 0.15) is 0 Å². The summed E-state index contributed by atoms with van der Waals surface area (Å²) < 4.78 is 0. The zero-order valence-corrected chi connectivity index (χ0v) is 15.1. The standard InChI is InChI=1S/C19H23N3O2.ClH/c1-22-12-16(8-9-18(22)23)19(24)21-17(11-20)15-7-6-13-4-2-3-5-14(13)10-15;/h2-7,10,16-17H,8-9,11-12,20H2,1H3,(H,21,24);1H. The minimum Gasteiger partial charge on any atom is -0.348 e. The minimum atomic E-state index is -0.218. The Morgan fingerprint density at radius 1 is 1.28 bits per heavy atom. The zero-order chi connectivity index (χ0) is 17.1. The van der Waals surface area contributed by atoms with E-state index in [1.807, 2.05) is 24.3 Å². The molecule has 3 N–H and O–H groups in total. The Morgan fingerprint density at radius 3 is 2.68 bits per heavy atom. The second-order valence-corrected chi connectivity index (χ2v) is 6.41. The summed E-state index contributed by atoms with van der Waals surface area (Å²) in [5, 5.41) is 5.34. The molecule has 2 aromatic rings. The van der Waals surface area contributed by atoms with Crippen LogP contribution in [0.4, 0.5) is 0 Å². The zero-order valence-electron chi connectivity index (χ0n) is 14.3. The van der Waals surface area contributed by atoms with Crippen molar-refractivity contribution < 1.29 is 9.59 Å². The second-order valence-electron chi connectivity index (χ2n) is 6.41. The van der Waals surface area contributed by atoms with Crippen molar-refractivity contribution in [3.63, 3.8) is 0 Å². The molecule has 6 heteroatoms. The van der Waals surface area contributed by atoms with Gasteiger partial charge >= 0.3 is 0 Å². The quantitative estimate of drug-likeness (QED) is 0.877. The Bertz CT molecular complexity index is 765. The number of nitrogens with two attached hydrogens (primary N) is 1. The van der Waals surface area contributed by atoms with E-state index >= 15 is 0 Å². The van der Waals surface area contributed by atoms with Crippen LogP contribution in [0.15, 0.2) is 42.5 Å². The molecule has 25 heavy (non-hydrogen) atoms. The fraction of sp³-hybridized carbons (Fsp3) is 0.368. The number of benzene rings is 2. The highest BCUT2D eigenvalue weighted by Crippen LogP contribution is 2.22. The van der Waals surface area contributed by atoms with E-state index in [2.05, 4.69) is 23.5 Å². The van der Waals surface area contributed by atoms with Crippen LogP contribution < -0.4 is 11.1 Å². The number of nitrogens with zero attached hydrogens (tertiary/aromatic N) is 1. The van der Waals surface area contributed by atoms with Crippen LogP contribution in [0.1, 0.15) is 24.4 Å². The molecule has 0 aliphatic carbocycles. The molecular formula is C19H24ClN3O2. The van der Waals surface area contributed by atoms with Crippen LogP contribution in [-0.4, -0.2) is 36.9 Å². The first kappa shape index (κ1) is 19.2. The van der Waals surface area contributed by atoms with E-state index in [1.165, 1.54) is 0 Å². The van der Waals surface area contributed by atoms with Crippen molar-refractivity contribution in [2.24, 2.45) is 11.7 Å². The number of fused-ring (bicyclic) bond motifs is 1. The Balaban J connectivity index is 0.00000225. The number of rotatable bonds is 4. The van der Waals surface area contributed by atoms with E-state index < -0.39 is 0 Å². The highest BCUT2D eigenvalue weighted by atomic mass is 35.5. The summed E-state index contributed by atoms with van der Waals surface area (Å²) in [7, 11) is 1.74. The van der Waals surface area contributed by atoms with E-state index in [0.29, 0.717) is 25.9 Å². The second kappa shape index (κ2) is 8.32. The predicted molar refractivity (Wildman–Crippen MR) is 101 cm³/mol. The van der Waals surface area contributed by atoms with Crippen molar-refractivity contribution in [3.8, 4) is 0 Å². The maximum atomic E-state index is 12.6. The van der Waals surface area contributed by atoms with Crippen LogP contribution in [0.2, 0.25) is 0 Å². The summed E-state index contributed by atoms with van der Waals surface area (Å²) >= 11 is 0. The van der Waals surface area contributed by atoms with Gasteiger partial charge in [0.05, 0.1) is 12.0 Å². The molecule has 0 saturated carbocycles. The number of carbonyl (C=O) groups is 2. The molecule has 1 heterocycles. The van der Waals surface area contributed by atoms with E-state index in [0.717, 1.165) is 16.3 Å². The fourth-order valence-electron chi connectivity index (χ4n) is 3.22. The number of halogens is 1. The summed E-state index contributed by atoms with van der Waals surface area (Å²) in [5.74, 6) is -0.0934. The molecular weight excluding hydrogens is 338 g/mol. The lowest BCUT2D eigenvalue weighted by atomic mass is 9.95. The lowest BCUT2D eigenvalue weighted by Crippen LogP contribution is -2.45. The molecule has 0 bridgehead atoms. The molecule has 2 unspecified atom stereocenters. The monoisotopic (exact) mass is 361 g/mol. The summed E-state index contributed by atoms with van der Waals surface area (Å²) in [4.78, 5) is 25.7. The van der Waals surface area contributed by atoms with Gasteiger partial charge in [0, 0.05) is 26.6 Å². The maximum Gasteiger partial charge on any atom is 0.225 e. The number of hydrogen-bond acceptors (Lipinski definition) is 3. The third-order valence-electron chi connectivity index (χ3n) is 4.73. The topological polar surface area (TPSA) is 75.4 Å². The van der Waals surface area contributed by atoms with E-state index in [4.69, 9.17) is 5.73 Å². The van der Waals surface area contributed by atoms with Crippen molar-refractivity contribution in [2.75, 3.05) is 20.1 Å². The van der Waals surface area contributed by atoms with Gasteiger partial charge in [-0.25, -0.2) is 0 Å². The average molecular weight is 362 g/mol. The highest BCUT2D eigenvalue weighted by molar-refractivity contribution is 5.86. The van der Waals surface area contributed by atoms with Crippen LogP contribution in [-0.2, 0) is 9.59 Å². The molecule has 3 rings (SSSR count). The van der Waals surface area contributed by atoms with Crippen LogP contribution in [0, 0.1) is 5.92 Å². The van der Waals surface area contributed by atoms with E-state index in [1.54, 1.807) is 11.9 Å². The predicted octanol–water partition coefficient (Wildman–Crippen LogP) is 2.25. The van der Waals surface area contributed by atoms with Gasteiger partial charge in [-0.3, -0.25) is 9.59 Å². The largest absolute Gasteiger partial charge is 0.348 e. The summed E-state index contributed by atoms with van der Waals surface area (Å²) in [6, 6.07) is 14.0. The molecule has 5 nitrogen and oxygen atoms in total. The molecule has 134 valence electrons. The first-order chi connectivity index (χ1) is 11.6. The van der Waals surface area contributed by atoms with Crippen LogP contribution >= 0.6 is 12.4 Å². The number of piperidine rings is 1. The van der Waals surface area contributed by atoms with Crippen molar-refractivity contribution in [3.05, 3.63) is 48.0 Å². The number of hydrogen-bond donors (Lipinski definition) is 2. The van der Waals surface area contributed by atoms with Crippen molar-refractivity contribution >= 4 is 35.0 Å². The molecule has 2 aromatic carbocycles. The van der Waals surface area contributed by atoms with Crippen LogP contribution in [0.25, 0.3) is 10.8 Å². The molecule has 2 atom stereocenters. The third kappa shape index (κ3) is 4.30.